The van der Waals surface area contributed by atoms with Crippen LogP contribution in [0, 0.1) is 0 Å². The molecule has 0 saturated heterocycles. The third kappa shape index (κ3) is 5.34. The van der Waals surface area contributed by atoms with Gasteiger partial charge in [0, 0.05) is 31.5 Å². The second-order valence-corrected chi connectivity index (χ2v) is 5.95. The van der Waals surface area contributed by atoms with Gasteiger partial charge in [-0.25, -0.2) is 4.98 Å². The molecule has 1 rings (SSSR count). The van der Waals surface area contributed by atoms with Gasteiger partial charge in [0.15, 0.2) is 0 Å². The number of anilines is 1. The average Bonchev–Trinajstić information content (AvgIpc) is 2.44. The van der Waals surface area contributed by atoms with Gasteiger partial charge in [-0.1, -0.05) is 13.8 Å². The van der Waals surface area contributed by atoms with Crippen LogP contribution in [0.1, 0.15) is 56.6 Å². The van der Waals surface area contributed by atoms with E-state index < -0.39 is 0 Å². The number of rotatable bonds is 7. The summed E-state index contributed by atoms with van der Waals surface area (Å²) in [4.78, 5) is 16.8. The topological polar surface area (TPSA) is 63.2 Å². The monoisotopic (exact) mass is 293 g/mol. The smallest absolute Gasteiger partial charge is 0.251 e. The second kappa shape index (κ2) is 7.41. The van der Waals surface area contributed by atoms with Crippen LogP contribution in [0.4, 0.5) is 5.82 Å². The summed E-state index contributed by atoms with van der Waals surface area (Å²) in [6, 6.07) is 3.60. The van der Waals surface area contributed by atoms with Crippen molar-refractivity contribution in [3.63, 3.8) is 0 Å². The molecule has 1 aromatic heterocycles. The van der Waals surface area contributed by atoms with Gasteiger partial charge in [0.25, 0.3) is 5.91 Å². The van der Waals surface area contributed by atoms with Crippen molar-refractivity contribution in [2.24, 2.45) is 0 Å². The van der Waals surface area contributed by atoms with E-state index in [0.717, 1.165) is 5.69 Å². The number of aromatic nitrogens is 1. The molecule has 0 aliphatic rings. The predicted octanol–water partition coefficient (Wildman–Crippen LogP) is 2.79. The molecule has 0 bridgehead atoms. The lowest BCUT2D eigenvalue weighted by molar-refractivity contribution is -0.00815. The Morgan fingerprint density at radius 1 is 1.38 bits per heavy atom. The molecule has 0 unspecified atom stereocenters. The van der Waals surface area contributed by atoms with Gasteiger partial charge >= 0.3 is 0 Å². The summed E-state index contributed by atoms with van der Waals surface area (Å²) in [5, 5.41) is 5.92. The molecule has 5 nitrogen and oxygen atoms in total. The molecule has 1 amide bonds. The predicted molar refractivity (Wildman–Crippen MR) is 85.9 cm³/mol. The van der Waals surface area contributed by atoms with Gasteiger partial charge in [-0.2, -0.15) is 0 Å². The lowest BCUT2D eigenvalue weighted by Crippen LogP contribution is -2.40. The quantitative estimate of drug-likeness (QED) is 0.811. The van der Waals surface area contributed by atoms with Gasteiger partial charge in [0.05, 0.1) is 5.60 Å². The minimum absolute atomic E-state index is 0.108. The summed E-state index contributed by atoms with van der Waals surface area (Å²) in [5.41, 5.74) is 1.14. The highest BCUT2D eigenvalue weighted by molar-refractivity contribution is 5.95. The molecule has 2 N–H and O–H groups in total. The number of nitrogens with zero attached hydrogens (tertiary/aromatic N) is 1. The van der Waals surface area contributed by atoms with Crippen LogP contribution in [0.15, 0.2) is 12.1 Å². The van der Waals surface area contributed by atoms with Crippen molar-refractivity contribution >= 4 is 11.7 Å². The van der Waals surface area contributed by atoms with E-state index in [0.29, 0.717) is 24.5 Å². The maximum absolute atomic E-state index is 12.3. The first-order valence-electron chi connectivity index (χ1n) is 7.41. The normalized spacial score (nSPS) is 11.6. The van der Waals surface area contributed by atoms with Gasteiger partial charge in [0.2, 0.25) is 0 Å². The molecule has 1 heterocycles. The lowest BCUT2D eigenvalue weighted by atomic mass is 10.1. The standard InChI is InChI=1S/C16H27N3O2/c1-7-21-16(4,5)10-18-15(20)12-8-13(11(2)3)19-14(9-12)17-6/h8-9,11H,7,10H2,1-6H3,(H,17,19)(H,18,20). The molecule has 0 aliphatic heterocycles. The third-order valence-corrected chi connectivity index (χ3v) is 3.16. The minimum Gasteiger partial charge on any atom is -0.374 e. The Kier molecular flexibility index (Phi) is 6.15. The number of pyridine rings is 1. The van der Waals surface area contributed by atoms with Crippen molar-refractivity contribution in [1.82, 2.24) is 10.3 Å². The molecule has 118 valence electrons. The Hall–Kier alpha value is -1.62. The molecule has 0 radical (unpaired) electrons. The Balaban J connectivity index is 2.84. The van der Waals surface area contributed by atoms with E-state index in [1.54, 1.807) is 13.1 Å². The molecule has 0 spiro atoms. The van der Waals surface area contributed by atoms with Crippen molar-refractivity contribution in [2.75, 3.05) is 25.5 Å². The molecule has 1 aromatic rings. The molecule has 0 fully saturated rings. The zero-order valence-corrected chi connectivity index (χ0v) is 13.9. The maximum atomic E-state index is 12.3. The Labute approximate surface area is 127 Å². The van der Waals surface area contributed by atoms with Crippen LogP contribution in [-0.4, -0.2) is 36.7 Å². The summed E-state index contributed by atoms with van der Waals surface area (Å²) >= 11 is 0. The Morgan fingerprint density at radius 2 is 2.05 bits per heavy atom. The molecule has 5 heteroatoms. The number of amides is 1. The number of carbonyl (C=O) groups is 1. The summed E-state index contributed by atoms with van der Waals surface area (Å²) in [6.45, 7) is 11.1. The van der Waals surface area contributed by atoms with Crippen LogP contribution in [-0.2, 0) is 4.74 Å². The molecule has 21 heavy (non-hydrogen) atoms. The Bertz CT molecular complexity index is 484. The summed E-state index contributed by atoms with van der Waals surface area (Å²) in [5.74, 6) is 0.865. The Morgan fingerprint density at radius 3 is 2.57 bits per heavy atom. The van der Waals surface area contributed by atoms with Gasteiger partial charge in [-0.3, -0.25) is 4.79 Å². The molecule has 0 aromatic carbocycles. The van der Waals surface area contributed by atoms with E-state index in [4.69, 9.17) is 4.74 Å². The fourth-order valence-corrected chi connectivity index (χ4v) is 1.94. The van der Waals surface area contributed by atoms with E-state index in [1.165, 1.54) is 0 Å². The maximum Gasteiger partial charge on any atom is 0.251 e. The fourth-order valence-electron chi connectivity index (χ4n) is 1.94. The van der Waals surface area contributed by atoms with E-state index in [2.05, 4.69) is 29.5 Å². The summed E-state index contributed by atoms with van der Waals surface area (Å²) in [6.07, 6.45) is 0. The van der Waals surface area contributed by atoms with Crippen molar-refractivity contribution in [3.05, 3.63) is 23.4 Å². The highest BCUT2D eigenvalue weighted by Gasteiger charge is 2.19. The lowest BCUT2D eigenvalue weighted by Gasteiger charge is -2.25. The number of hydrogen-bond donors (Lipinski definition) is 2. The first-order valence-corrected chi connectivity index (χ1v) is 7.41. The highest BCUT2D eigenvalue weighted by Crippen LogP contribution is 2.17. The molecule has 0 atom stereocenters. The van der Waals surface area contributed by atoms with Gasteiger partial charge in [-0.05, 0) is 38.8 Å². The van der Waals surface area contributed by atoms with E-state index in [-0.39, 0.29) is 17.4 Å². The van der Waals surface area contributed by atoms with Crippen LogP contribution in [0.3, 0.4) is 0 Å². The van der Waals surface area contributed by atoms with E-state index in [1.807, 2.05) is 26.8 Å². The van der Waals surface area contributed by atoms with Gasteiger partial charge in [-0.15, -0.1) is 0 Å². The van der Waals surface area contributed by atoms with Crippen LogP contribution < -0.4 is 10.6 Å². The number of ether oxygens (including phenoxy) is 1. The van der Waals surface area contributed by atoms with Crippen LogP contribution >= 0.6 is 0 Å². The van der Waals surface area contributed by atoms with Gasteiger partial charge in [0.1, 0.15) is 5.82 Å². The molecule has 0 saturated carbocycles. The van der Waals surface area contributed by atoms with Crippen molar-refractivity contribution in [1.29, 1.82) is 0 Å². The summed E-state index contributed by atoms with van der Waals surface area (Å²) in [7, 11) is 1.80. The van der Waals surface area contributed by atoms with Crippen LogP contribution in [0.2, 0.25) is 0 Å². The highest BCUT2D eigenvalue weighted by atomic mass is 16.5. The first kappa shape index (κ1) is 17.4. The fraction of sp³-hybridized carbons (Fsp3) is 0.625. The third-order valence-electron chi connectivity index (χ3n) is 3.16. The molecular weight excluding hydrogens is 266 g/mol. The zero-order chi connectivity index (χ0) is 16.0. The van der Waals surface area contributed by atoms with Crippen molar-refractivity contribution in [3.8, 4) is 0 Å². The number of hydrogen-bond acceptors (Lipinski definition) is 4. The van der Waals surface area contributed by atoms with Gasteiger partial charge < -0.3 is 15.4 Å². The molecule has 0 aliphatic carbocycles. The van der Waals surface area contributed by atoms with Crippen molar-refractivity contribution < 1.29 is 9.53 Å². The van der Waals surface area contributed by atoms with Crippen LogP contribution in [0.5, 0.6) is 0 Å². The molecular formula is C16H27N3O2. The van der Waals surface area contributed by atoms with Crippen molar-refractivity contribution in [2.45, 2.75) is 46.1 Å². The van der Waals surface area contributed by atoms with Crippen LogP contribution in [0.25, 0.3) is 0 Å². The zero-order valence-electron chi connectivity index (χ0n) is 13.9. The minimum atomic E-state index is -0.371. The average molecular weight is 293 g/mol. The number of carbonyl (C=O) groups excluding carboxylic acids is 1. The number of nitrogens with one attached hydrogen (secondary N) is 2. The first-order chi connectivity index (χ1) is 9.79. The van der Waals surface area contributed by atoms with E-state index in [9.17, 15) is 4.79 Å². The SMILES string of the molecule is CCOC(C)(C)CNC(=O)c1cc(NC)nc(C(C)C)c1. The largest absolute Gasteiger partial charge is 0.374 e. The second-order valence-electron chi connectivity index (χ2n) is 5.95. The van der Waals surface area contributed by atoms with E-state index >= 15 is 0 Å². The summed E-state index contributed by atoms with van der Waals surface area (Å²) < 4.78 is 5.58.